The number of carbonyl (C=O) groups is 1. The van der Waals surface area contributed by atoms with Gasteiger partial charge in [-0.1, -0.05) is 18.2 Å². The van der Waals surface area contributed by atoms with Crippen LogP contribution in [0.15, 0.2) is 59.6 Å². The molecule has 1 amide bonds. The van der Waals surface area contributed by atoms with Crippen molar-refractivity contribution in [3.63, 3.8) is 0 Å². The predicted octanol–water partition coefficient (Wildman–Crippen LogP) is 5.03. The van der Waals surface area contributed by atoms with E-state index in [1.54, 1.807) is 24.4 Å². The second kappa shape index (κ2) is 11.1. The molecular weight excluding hydrogens is 591 g/mol. The summed E-state index contributed by atoms with van der Waals surface area (Å²) < 4.78 is 74.6. The Balaban J connectivity index is 1.41. The number of aromatic nitrogens is 3. The first kappa shape index (κ1) is 30.2. The lowest BCUT2D eigenvalue weighted by atomic mass is 9.97. The van der Waals surface area contributed by atoms with Crippen molar-refractivity contribution in [2.75, 3.05) is 23.8 Å². The van der Waals surface area contributed by atoms with E-state index in [9.17, 15) is 26.4 Å². The van der Waals surface area contributed by atoms with Crippen molar-refractivity contribution in [1.82, 2.24) is 19.5 Å². The van der Waals surface area contributed by atoms with Crippen LogP contribution in [0.3, 0.4) is 0 Å². The van der Waals surface area contributed by atoms with Crippen LogP contribution in [0.25, 0.3) is 5.82 Å². The van der Waals surface area contributed by atoms with Crippen LogP contribution in [0.1, 0.15) is 49.9 Å². The minimum atomic E-state index is -4.25. The number of alkyl halides is 3. The Kier molecular flexibility index (Phi) is 7.98. The van der Waals surface area contributed by atoms with Gasteiger partial charge in [0, 0.05) is 24.3 Å². The Morgan fingerprint density at radius 1 is 1.14 bits per heavy atom. The SMILES string of the molecule is CC1(C)C[C@H](CS)CN1c1nc(-n2ccc(OCCC3(C(F)(F)F)CC3)n2)ccc1C(=O)NS(=O)(=O)c1ccccc1. The first-order chi connectivity index (χ1) is 19.7. The number of thiol groups is 1. The highest BCUT2D eigenvalue weighted by molar-refractivity contribution is 7.90. The third kappa shape index (κ3) is 6.10. The number of ether oxygens (including phenoxy) is 1. The molecule has 1 aliphatic carbocycles. The van der Waals surface area contributed by atoms with Crippen LogP contribution in [0, 0.1) is 11.3 Å². The molecule has 2 fully saturated rings. The van der Waals surface area contributed by atoms with Gasteiger partial charge in [0.15, 0.2) is 5.82 Å². The highest BCUT2D eigenvalue weighted by Crippen LogP contribution is 2.59. The lowest BCUT2D eigenvalue weighted by Crippen LogP contribution is -2.41. The van der Waals surface area contributed by atoms with Crippen LogP contribution in [0.2, 0.25) is 0 Å². The predicted molar refractivity (Wildman–Crippen MR) is 154 cm³/mol. The van der Waals surface area contributed by atoms with Crippen LogP contribution < -0.4 is 14.4 Å². The molecule has 0 radical (unpaired) electrons. The number of hydrogen-bond acceptors (Lipinski definition) is 8. The van der Waals surface area contributed by atoms with Crippen LogP contribution in [0.4, 0.5) is 19.0 Å². The van der Waals surface area contributed by atoms with Gasteiger partial charge in [0.05, 0.1) is 22.5 Å². The Hall–Kier alpha value is -3.26. The minimum Gasteiger partial charge on any atom is -0.477 e. The van der Waals surface area contributed by atoms with Gasteiger partial charge in [-0.3, -0.25) is 4.79 Å². The highest BCUT2D eigenvalue weighted by atomic mass is 32.2. The molecule has 1 aliphatic heterocycles. The summed E-state index contributed by atoms with van der Waals surface area (Å²) in [5, 5.41) is 4.31. The van der Waals surface area contributed by atoms with Crippen LogP contribution in [0.5, 0.6) is 5.88 Å². The molecule has 2 aliphatic rings. The van der Waals surface area contributed by atoms with Crippen molar-refractivity contribution in [1.29, 1.82) is 0 Å². The van der Waals surface area contributed by atoms with Crippen molar-refractivity contribution >= 4 is 34.4 Å². The maximum Gasteiger partial charge on any atom is 0.394 e. The molecular formula is C28H32F3N5O4S2. The second-order valence-corrected chi connectivity index (χ2v) is 13.5. The summed E-state index contributed by atoms with van der Waals surface area (Å²) in [6, 6.07) is 12.1. The van der Waals surface area contributed by atoms with Gasteiger partial charge in [-0.2, -0.15) is 25.8 Å². The van der Waals surface area contributed by atoms with Gasteiger partial charge in [0.25, 0.3) is 15.9 Å². The molecule has 42 heavy (non-hydrogen) atoms. The average Bonchev–Trinajstić information content (AvgIpc) is 3.48. The number of rotatable bonds is 10. The number of benzene rings is 1. The van der Waals surface area contributed by atoms with E-state index in [-0.39, 0.29) is 53.9 Å². The Bertz CT molecular complexity index is 1560. The summed E-state index contributed by atoms with van der Waals surface area (Å²) >= 11 is 4.46. The third-order valence-corrected chi connectivity index (χ3v) is 9.81. The van der Waals surface area contributed by atoms with E-state index in [1.807, 2.05) is 18.7 Å². The zero-order chi connectivity index (χ0) is 30.3. The van der Waals surface area contributed by atoms with Gasteiger partial charge in [-0.15, -0.1) is 5.10 Å². The highest BCUT2D eigenvalue weighted by Gasteiger charge is 2.62. The fraction of sp³-hybridized carbons (Fsp3) is 0.464. The van der Waals surface area contributed by atoms with Gasteiger partial charge in [0.1, 0.15) is 5.82 Å². The Labute approximate surface area is 247 Å². The first-order valence-electron chi connectivity index (χ1n) is 13.5. The molecule has 9 nitrogen and oxygen atoms in total. The second-order valence-electron chi connectivity index (χ2n) is 11.4. The summed E-state index contributed by atoms with van der Waals surface area (Å²) in [7, 11) is -4.14. The van der Waals surface area contributed by atoms with Gasteiger partial charge >= 0.3 is 6.18 Å². The summed E-state index contributed by atoms with van der Waals surface area (Å²) in [6.45, 7) is 4.45. The van der Waals surface area contributed by atoms with E-state index in [1.165, 1.54) is 35.0 Å². The largest absolute Gasteiger partial charge is 0.477 e. The van der Waals surface area contributed by atoms with Gasteiger partial charge < -0.3 is 9.64 Å². The molecule has 3 aromatic rings. The molecule has 1 saturated carbocycles. The van der Waals surface area contributed by atoms with Gasteiger partial charge in [0.2, 0.25) is 5.88 Å². The molecule has 1 aromatic carbocycles. The number of halogens is 3. The number of pyridine rings is 1. The molecule has 0 spiro atoms. The maximum atomic E-state index is 13.4. The van der Waals surface area contributed by atoms with Gasteiger partial charge in [-0.25, -0.2) is 22.8 Å². The maximum absolute atomic E-state index is 13.4. The molecule has 0 unspecified atom stereocenters. The smallest absolute Gasteiger partial charge is 0.394 e. The van der Waals surface area contributed by atoms with Crippen molar-refractivity contribution in [3.8, 4) is 11.7 Å². The van der Waals surface area contributed by atoms with E-state index in [2.05, 4.69) is 22.4 Å². The molecule has 226 valence electrons. The van der Waals surface area contributed by atoms with Crippen molar-refractivity contribution in [3.05, 3.63) is 60.3 Å². The number of nitrogens with one attached hydrogen (secondary N) is 1. The summed E-state index contributed by atoms with van der Waals surface area (Å²) in [4.78, 5) is 20.1. The summed E-state index contributed by atoms with van der Waals surface area (Å²) in [6.07, 6.45) is -1.84. The third-order valence-electron chi connectivity index (χ3n) is 7.94. The Morgan fingerprint density at radius 2 is 1.86 bits per heavy atom. The zero-order valence-electron chi connectivity index (χ0n) is 23.1. The van der Waals surface area contributed by atoms with E-state index >= 15 is 0 Å². The monoisotopic (exact) mass is 623 g/mol. The van der Waals surface area contributed by atoms with Crippen LogP contribution in [-0.2, 0) is 10.0 Å². The van der Waals surface area contributed by atoms with Crippen molar-refractivity contribution in [2.24, 2.45) is 11.3 Å². The molecule has 5 rings (SSSR count). The molecule has 2 aromatic heterocycles. The van der Waals surface area contributed by atoms with Crippen LogP contribution >= 0.6 is 12.6 Å². The fourth-order valence-electron chi connectivity index (χ4n) is 5.36. The standard InChI is InChI=1S/C28H32F3N5O4S2/c1-26(2)16-19(18-41)17-35(26)24-21(25(37)34-42(38,39)20-6-4-3-5-7-20)8-9-22(32-24)36-14-10-23(33-36)40-15-13-27(11-12-27)28(29,30)31/h3-10,14,19,41H,11-13,15-18H2,1-2H3,(H,34,37)/t19-/m0/s1. The van der Waals surface area contributed by atoms with Crippen molar-refractivity contribution < 1.29 is 31.1 Å². The lowest BCUT2D eigenvalue weighted by molar-refractivity contribution is -0.190. The number of carbonyl (C=O) groups excluding carboxylic acids is 1. The number of nitrogens with zero attached hydrogens (tertiary/aromatic N) is 4. The topological polar surface area (TPSA) is 106 Å². The fourth-order valence-corrected chi connectivity index (χ4v) is 6.59. The number of sulfonamides is 1. The van der Waals surface area contributed by atoms with E-state index in [0.29, 0.717) is 18.1 Å². The van der Waals surface area contributed by atoms with Crippen molar-refractivity contribution in [2.45, 2.75) is 56.1 Å². The minimum absolute atomic E-state index is 0.0481. The van der Waals surface area contributed by atoms with E-state index in [0.717, 1.165) is 6.42 Å². The number of amides is 1. The molecule has 1 atom stereocenters. The van der Waals surface area contributed by atoms with Gasteiger partial charge in [-0.05, 0) is 75.5 Å². The normalized spacial score (nSPS) is 19.5. The molecule has 1 N–H and O–H groups in total. The number of hydrogen-bond donors (Lipinski definition) is 2. The molecule has 1 saturated heterocycles. The lowest BCUT2D eigenvalue weighted by Gasteiger charge is -2.34. The first-order valence-corrected chi connectivity index (χ1v) is 15.6. The Morgan fingerprint density at radius 3 is 2.48 bits per heavy atom. The quantitative estimate of drug-likeness (QED) is 0.305. The molecule has 14 heteroatoms. The average molecular weight is 624 g/mol. The van der Waals surface area contributed by atoms with E-state index < -0.39 is 33.1 Å². The molecule has 3 heterocycles. The zero-order valence-corrected chi connectivity index (χ0v) is 24.8. The van der Waals surface area contributed by atoms with Crippen LogP contribution in [-0.4, -0.2) is 59.7 Å². The molecule has 0 bridgehead atoms. The summed E-state index contributed by atoms with van der Waals surface area (Å²) in [5.74, 6) is 0.751. The number of anilines is 1. The van der Waals surface area contributed by atoms with E-state index in [4.69, 9.17) is 9.72 Å². The summed E-state index contributed by atoms with van der Waals surface area (Å²) in [5.41, 5.74) is -2.01.